The molecular weight excluding hydrogens is 408 g/mol. The molecule has 0 amide bonds. The summed E-state index contributed by atoms with van der Waals surface area (Å²) in [5.41, 5.74) is 0.381. The van der Waals surface area contributed by atoms with Gasteiger partial charge in [-0.3, -0.25) is 4.79 Å². The van der Waals surface area contributed by atoms with Crippen molar-refractivity contribution in [1.29, 1.82) is 0 Å². The highest BCUT2D eigenvalue weighted by Crippen LogP contribution is 2.19. The van der Waals surface area contributed by atoms with Crippen molar-refractivity contribution < 1.29 is 13.2 Å². The molecule has 2 rings (SSSR count). The van der Waals surface area contributed by atoms with E-state index in [1.807, 2.05) is 0 Å². The monoisotopic (exact) mass is 416 g/mol. The summed E-state index contributed by atoms with van der Waals surface area (Å²) in [6.07, 6.45) is 0. The summed E-state index contributed by atoms with van der Waals surface area (Å²) < 4.78 is 25.9. The van der Waals surface area contributed by atoms with Crippen LogP contribution in [0.4, 0.5) is 0 Å². The summed E-state index contributed by atoms with van der Waals surface area (Å²) in [5.74, 6) is -0.956. The Morgan fingerprint density at radius 3 is 2.20 bits per heavy atom. The van der Waals surface area contributed by atoms with E-state index >= 15 is 0 Å². The maximum Gasteiger partial charge on any atom is 0.185 e. The van der Waals surface area contributed by atoms with Crippen molar-refractivity contribution in [2.75, 3.05) is 5.75 Å². The fraction of sp³-hybridized carbons (Fsp3) is 0.0714. The summed E-state index contributed by atoms with van der Waals surface area (Å²) in [6, 6.07) is 12.9. The molecule has 104 valence electrons. The molecule has 6 heteroatoms. The molecule has 0 atom stereocenters. The van der Waals surface area contributed by atoms with Crippen LogP contribution in [-0.4, -0.2) is 20.0 Å². The number of hydrogen-bond acceptors (Lipinski definition) is 3. The van der Waals surface area contributed by atoms with Crippen LogP contribution in [0.1, 0.15) is 10.4 Å². The van der Waals surface area contributed by atoms with E-state index in [0.717, 1.165) is 4.47 Å². The number of carbonyl (C=O) groups excluding carboxylic acids is 1. The normalized spacial score (nSPS) is 11.3. The molecule has 0 saturated heterocycles. The Morgan fingerprint density at radius 1 is 0.950 bits per heavy atom. The second kappa shape index (κ2) is 6.20. The number of halogens is 2. The molecule has 0 fully saturated rings. The topological polar surface area (TPSA) is 51.2 Å². The average molecular weight is 418 g/mol. The van der Waals surface area contributed by atoms with E-state index in [2.05, 4.69) is 31.9 Å². The molecule has 3 nitrogen and oxygen atoms in total. The van der Waals surface area contributed by atoms with Crippen molar-refractivity contribution in [3.05, 3.63) is 63.0 Å². The highest BCUT2D eigenvalue weighted by molar-refractivity contribution is 9.10. The Labute approximate surface area is 134 Å². The number of rotatable bonds is 4. The molecule has 2 aromatic rings. The van der Waals surface area contributed by atoms with Crippen molar-refractivity contribution in [2.24, 2.45) is 0 Å². The van der Waals surface area contributed by atoms with Crippen LogP contribution in [0, 0.1) is 0 Å². The highest BCUT2D eigenvalue weighted by Gasteiger charge is 2.20. The lowest BCUT2D eigenvalue weighted by Crippen LogP contribution is -2.16. The van der Waals surface area contributed by atoms with E-state index in [0.29, 0.717) is 10.0 Å². The third kappa shape index (κ3) is 3.77. The van der Waals surface area contributed by atoms with Gasteiger partial charge in [-0.2, -0.15) is 0 Å². The molecule has 20 heavy (non-hydrogen) atoms. The van der Waals surface area contributed by atoms with Gasteiger partial charge < -0.3 is 0 Å². The van der Waals surface area contributed by atoms with E-state index in [4.69, 9.17) is 0 Å². The molecule has 0 aliphatic carbocycles. The average Bonchev–Trinajstić information content (AvgIpc) is 2.39. The lowest BCUT2D eigenvalue weighted by molar-refractivity contribution is 0.102. The van der Waals surface area contributed by atoms with Crippen molar-refractivity contribution >= 4 is 47.5 Å². The van der Waals surface area contributed by atoms with Crippen LogP contribution >= 0.6 is 31.9 Å². The zero-order valence-corrected chi connectivity index (χ0v) is 14.2. The van der Waals surface area contributed by atoms with Crippen LogP contribution in [0.3, 0.4) is 0 Å². The summed E-state index contributed by atoms with van der Waals surface area (Å²) in [6.45, 7) is 0. The van der Waals surface area contributed by atoms with Crippen LogP contribution in [0.5, 0.6) is 0 Å². The Morgan fingerprint density at radius 2 is 1.60 bits per heavy atom. The standard InChI is InChI=1S/C14H10Br2O3S/c15-11-6-4-10(5-7-11)14(17)9-20(18,19)13-3-1-2-12(16)8-13/h1-8H,9H2. The SMILES string of the molecule is O=C(CS(=O)(=O)c1cccc(Br)c1)c1ccc(Br)cc1. The minimum atomic E-state index is -3.63. The molecule has 0 saturated carbocycles. The van der Waals surface area contributed by atoms with Gasteiger partial charge in [0.25, 0.3) is 0 Å². The molecule has 0 aromatic heterocycles. The van der Waals surface area contributed by atoms with E-state index in [1.165, 1.54) is 12.1 Å². The Kier molecular flexibility index (Phi) is 4.78. The minimum Gasteiger partial charge on any atom is -0.293 e. The molecule has 0 aliphatic heterocycles. The van der Waals surface area contributed by atoms with Crippen molar-refractivity contribution in [3.8, 4) is 0 Å². The van der Waals surface area contributed by atoms with Gasteiger partial charge in [0.05, 0.1) is 4.90 Å². The number of ketones is 1. The second-order valence-electron chi connectivity index (χ2n) is 4.15. The number of Topliss-reactive ketones (excluding diaryl/α,β-unsaturated/α-hetero) is 1. The number of benzene rings is 2. The smallest absolute Gasteiger partial charge is 0.185 e. The summed E-state index contributed by atoms with van der Waals surface area (Å²) in [5, 5.41) is 0. The number of sulfone groups is 1. The first-order valence-electron chi connectivity index (χ1n) is 5.65. The molecule has 0 unspecified atom stereocenters. The fourth-order valence-electron chi connectivity index (χ4n) is 1.64. The molecule has 0 bridgehead atoms. The van der Waals surface area contributed by atoms with Gasteiger partial charge in [-0.25, -0.2) is 8.42 Å². The first-order chi connectivity index (χ1) is 9.38. The minimum absolute atomic E-state index is 0.136. The summed E-state index contributed by atoms with van der Waals surface area (Å²) >= 11 is 6.49. The van der Waals surface area contributed by atoms with Crippen LogP contribution in [0.15, 0.2) is 62.4 Å². The van der Waals surface area contributed by atoms with Crippen molar-refractivity contribution in [1.82, 2.24) is 0 Å². The van der Waals surface area contributed by atoms with Crippen LogP contribution < -0.4 is 0 Å². The predicted molar refractivity (Wildman–Crippen MR) is 84.7 cm³/mol. The summed E-state index contributed by atoms with van der Waals surface area (Å²) in [7, 11) is -3.63. The second-order valence-corrected chi connectivity index (χ2v) is 7.97. The first kappa shape index (κ1) is 15.4. The Bertz CT molecular complexity index is 737. The lowest BCUT2D eigenvalue weighted by Gasteiger charge is -2.05. The molecule has 0 aliphatic rings. The third-order valence-corrected chi connectivity index (χ3v) is 5.28. The van der Waals surface area contributed by atoms with E-state index in [1.54, 1.807) is 36.4 Å². The van der Waals surface area contributed by atoms with Crippen LogP contribution in [0.2, 0.25) is 0 Å². The third-order valence-electron chi connectivity index (χ3n) is 2.64. The van der Waals surface area contributed by atoms with Gasteiger partial charge in [-0.05, 0) is 30.3 Å². The molecule has 0 spiro atoms. The van der Waals surface area contributed by atoms with Crippen LogP contribution in [-0.2, 0) is 9.84 Å². The van der Waals surface area contributed by atoms with Gasteiger partial charge in [0.1, 0.15) is 5.75 Å². The molecule has 0 heterocycles. The van der Waals surface area contributed by atoms with E-state index in [9.17, 15) is 13.2 Å². The fourth-order valence-corrected chi connectivity index (χ4v) is 3.72. The van der Waals surface area contributed by atoms with Gasteiger partial charge in [-0.15, -0.1) is 0 Å². The Hall–Kier alpha value is -0.980. The number of hydrogen-bond donors (Lipinski definition) is 0. The van der Waals surface area contributed by atoms with Gasteiger partial charge in [0.15, 0.2) is 15.6 Å². The van der Waals surface area contributed by atoms with Crippen molar-refractivity contribution in [3.63, 3.8) is 0 Å². The molecule has 0 radical (unpaired) electrons. The van der Waals surface area contributed by atoms with Gasteiger partial charge >= 0.3 is 0 Å². The van der Waals surface area contributed by atoms with Gasteiger partial charge in [-0.1, -0.05) is 50.1 Å². The largest absolute Gasteiger partial charge is 0.293 e. The van der Waals surface area contributed by atoms with E-state index in [-0.39, 0.29) is 4.90 Å². The molecular formula is C14H10Br2O3S. The predicted octanol–water partition coefficient (Wildman–Crippen LogP) is 3.87. The maximum atomic E-state index is 12.2. The van der Waals surface area contributed by atoms with Crippen LogP contribution in [0.25, 0.3) is 0 Å². The zero-order valence-electron chi connectivity index (χ0n) is 10.2. The quantitative estimate of drug-likeness (QED) is 0.709. The molecule has 2 aromatic carbocycles. The maximum absolute atomic E-state index is 12.2. The lowest BCUT2D eigenvalue weighted by atomic mass is 10.2. The van der Waals surface area contributed by atoms with E-state index < -0.39 is 21.4 Å². The molecule has 0 N–H and O–H groups in total. The summed E-state index contributed by atoms with van der Waals surface area (Å²) in [4.78, 5) is 12.2. The highest BCUT2D eigenvalue weighted by atomic mass is 79.9. The van der Waals surface area contributed by atoms with Gasteiger partial charge in [0.2, 0.25) is 0 Å². The number of carbonyl (C=O) groups is 1. The zero-order chi connectivity index (χ0) is 14.8. The van der Waals surface area contributed by atoms with Gasteiger partial charge in [0, 0.05) is 14.5 Å². The first-order valence-corrected chi connectivity index (χ1v) is 8.89. The Balaban J connectivity index is 2.24. The van der Waals surface area contributed by atoms with Crippen molar-refractivity contribution in [2.45, 2.75) is 4.90 Å².